The predicted molar refractivity (Wildman–Crippen MR) is 83.6 cm³/mol. The van der Waals surface area contributed by atoms with Crippen LogP contribution in [-0.4, -0.2) is 36.1 Å². The summed E-state index contributed by atoms with van der Waals surface area (Å²) in [6.07, 6.45) is 4.37. The third-order valence-corrected chi connectivity index (χ3v) is 7.11. The maximum Gasteiger partial charge on any atom is 0.223 e. The van der Waals surface area contributed by atoms with Gasteiger partial charge in [0.05, 0.1) is 4.99 Å². The van der Waals surface area contributed by atoms with E-state index in [0.717, 1.165) is 25.7 Å². The second-order valence-electron chi connectivity index (χ2n) is 6.26. The molecule has 2 N–H and O–H groups in total. The van der Waals surface area contributed by atoms with Gasteiger partial charge < -0.3 is 5.73 Å². The lowest BCUT2D eigenvalue weighted by atomic mass is 9.76. The molecule has 1 unspecified atom stereocenters. The average Bonchev–Trinajstić information content (AvgIpc) is 2.28. The second-order valence-corrected chi connectivity index (χ2v) is 8.90. The van der Waals surface area contributed by atoms with Crippen molar-refractivity contribution in [2.24, 2.45) is 11.1 Å². The van der Waals surface area contributed by atoms with E-state index >= 15 is 0 Å². The van der Waals surface area contributed by atoms with Crippen molar-refractivity contribution in [3.63, 3.8) is 0 Å². The molecule has 0 bridgehead atoms. The Hall–Kier alpha value is -0.200. The van der Waals surface area contributed by atoms with Crippen LogP contribution in [0.25, 0.3) is 0 Å². The van der Waals surface area contributed by atoms with Gasteiger partial charge in [0.15, 0.2) is 0 Å². The van der Waals surface area contributed by atoms with Gasteiger partial charge in [0.25, 0.3) is 0 Å². The van der Waals surface area contributed by atoms with Crippen LogP contribution in [0, 0.1) is 5.41 Å². The highest BCUT2D eigenvalue weighted by Gasteiger charge is 2.37. The van der Waals surface area contributed by atoms with Gasteiger partial charge in [-0.15, -0.1) is 0 Å². The van der Waals surface area contributed by atoms with Crippen molar-refractivity contribution >= 4 is 27.2 Å². The largest absolute Gasteiger partial charge is 0.392 e. The molecule has 0 aromatic carbocycles. The van der Waals surface area contributed by atoms with Crippen LogP contribution in [0.2, 0.25) is 0 Å². The van der Waals surface area contributed by atoms with Gasteiger partial charge in [0, 0.05) is 13.1 Å². The molecule has 1 fully saturated rings. The van der Waals surface area contributed by atoms with Gasteiger partial charge in [-0.1, -0.05) is 33.0 Å². The van der Waals surface area contributed by atoms with Gasteiger partial charge in [-0.05, 0) is 37.5 Å². The lowest BCUT2D eigenvalue weighted by Crippen LogP contribution is -2.48. The summed E-state index contributed by atoms with van der Waals surface area (Å²) in [7, 11) is -1.75. The zero-order valence-electron chi connectivity index (χ0n) is 12.3. The Balaban J connectivity index is 2.82. The molecule has 19 heavy (non-hydrogen) atoms. The molecule has 112 valence electrons. The van der Waals surface area contributed by atoms with Gasteiger partial charge in [0.1, 0.15) is 5.25 Å². The van der Waals surface area contributed by atoms with Gasteiger partial charge in [0.2, 0.25) is 10.0 Å². The van der Waals surface area contributed by atoms with E-state index in [0.29, 0.717) is 11.8 Å². The first-order valence-corrected chi connectivity index (χ1v) is 8.79. The summed E-state index contributed by atoms with van der Waals surface area (Å²) in [4.78, 5) is 0.0745. The van der Waals surface area contributed by atoms with E-state index in [2.05, 4.69) is 13.8 Å². The van der Waals surface area contributed by atoms with Crippen LogP contribution in [0.4, 0.5) is 0 Å². The van der Waals surface area contributed by atoms with Crippen LogP contribution in [-0.2, 0) is 10.0 Å². The van der Waals surface area contributed by atoms with Crippen molar-refractivity contribution in [1.82, 2.24) is 4.31 Å². The number of sulfonamides is 1. The van der Waals surface area contributed by atoms with Gasteiger partial charge >= 0.3 is 0 Å². The van der Waals surface area contributed by atoms with Gasteiger partial charge in [-0.25, -0.2) is 12.7 Å². The minimum atomic E-state index is -3.42. The fourth-order valence-corrected chi connectivity index (χ4v) is 4.99. The van der Waals surface area contributed by atoms with E-state index in [4.69, 9.17) is 18.0 Å². The summed E-state index contributed by atoms with van der Waals surface area (Å²) in [5.41, 5.74) is 5.90. The zero-order chi connectivity index (χ0) is 14.8. The van der Waals surface area contributed by atoms with Crippen molar-refractivity contribution in [1.29, 1.82) is 0 Å². The number of thiocarbonyl (C=S) groups is 1. The first-order valence-electron chi connectivity index (χ1n) is 6.88. The number of rotatable bonds is 5. The standard InChI is InChI=1S/C13H26N2O2S2/c1-5-11(12(14)18)19(16,17)15(4)10-6-8-13(2,3)9-7-10/h10-11H,5-9H2,1-4H3,(H2,14,18). The monoisotopic (exact) mass is 306 g/mol. The second kappa shape index (κ2) is 6.06. The van der Waals surface area contributed by atoms with E-state index in [9.17, 15) is 8.42 Å². The van der Waals surface area contributed by atoms with Crippen molar-refractivity contribution in [3.8, 4) is 0 Å². The smallest absolute Gasteiger partial charge is 0.223 e. The maximum absolute atomic E-state index is 12.5. The summed E-state index contributed by atoms with van der Waals surface area (Å²) in [6, 6.07) is 0.0847. The third kappa shape index (κ3) is 3.89. The van der Waals surface area contributed by atoms with Crippen LogP contribution >= 0.6 is 12.2 Å². The minimum Gasteiger partial charge on any atom is -0.392 e. The van der Waals surface area contributed by atoms with Crippen LogP contribution in [0.5, 0.6) is 0 Å². The predicted octanol–water partition coefficient (Wildman–Crippen LogP) is 2.28. The Morgan fingerprint density at radius 3 is 2.26 bits per heavy atom. The summed E-state index contributed by atoms with van der Waals surface area (Å²) >= 11 is 4.89. The molecule has 1 saturated carbocycles. The molecule has 4 nitrogen and oxygen atoms in total. The molecule has 1 rings (SSSR count). The molecule has 0 aliphatic heterocycles. The fourth-order valence-electron chi connectivity index (χ4n) is 2.71. The van der Waals surface area contributed by atoms with E-state index in [1.807, 2.05) is 0 Å². The van der Waals surface area contributed by atoms with Crippen molar-refractivity contribution < 1.29 is 8.42 Å². The molecule has 0 aromatic rings. The molecule has 0 heterocycles. The topological polar surface area (TPSA) is 63.4 Å². The molecule has 1 atom stereocenters. The SMILES string of the molecule is CCC(C(N)=S)S(=O)(=O)N(C)C1CCC(C)(C)CC1. The Kier molecular flexibility index (Phi) is 5.37. The van der Waals surface area contributed by atoms with Crippen LogP contribution in [0.15, 0.2) is 0 Å². The number of hydrogen-bond acceptors (Lipinski definition) is 3. The molecule has 1 aliphatic rings. The number of nitrogens with two attached hydrogens (primary N) is 1. The molecule has 6 heteroatoms. The first kappa shape index (κ1) is 16.9. The molecule has 0 saturated heterocycles. The highest BCUT2D eigenvalue weighted by Crippen LogP contribution is 2.37. The van der Waals surface area contributed by atoms with Crippen molar-refractivity contribution in [2.75, 3.05) is 7.05 Å². The quantitative estimate of drug-likeness (QED) is 0.792. The Morgan fingerprint density at radius 1 is 1.42 bits per heavy atom. The fraction of sp³-hybridized carbons (Fsp3) is 0.923. The van der Waals surface area contributed by atoms with Crippen molar-refractivity contribution in [3.05, 3.63) is 0 Å². The van der Waals surface area contributed by atoms with E-state index in [1.54, 1.807) is 14.0 Å². The van der Waals surface area contributed by atoms with E-state index < -0.39 is 15.3 Å². The lowest BCUT2D eigenvalue weighted by molar-refractivity contribution is 0.174. The Labute approximate surface area is 122 Å². The number of nitrogens with zero attached hydrogens (tertiary/aromatic N) is 1. The normalized spacial score (nSPS) is 22.4. The van der Waals surface area contributed by atoms with Crippen LogP contribution in [0.3, 0.4) is 0 Å². The summed E-state index contributed by atoms with van der Waals surface area (Å²) in [6.45, 7) is 6.28. The van der Waals surface area contributed by atoms with Gasteiger partial charge in [-0.3, -0.25) is 0 Å². The minimum absolute atomic E-state index is 0.0745. The third-order valence-electron chi connectivity index (χ3n) is 4.27. The Bertz CT molecular complexity index is 422. The molecular formula is C13H26N2O2S2. The average molecular weight is 306 g/mol. The van der Waals surface area contributed by atoms with Crippen LogP contribution < -0.4 is 5.73 Å². The summed E-state index contributed by atoms with van der Waals surface area (Å²) in [5.74, 6) is 0. The van der Waals surface area contributed by atoms with Gasteiger partial charge in [-0.2, -0.15) is 0 Å². The molecule has 0 amide bonds. The molecular weight excluding hydrogens is 280 g/mol. The number of hydrogen-bond donors (Lipinski definition) is 1. The lowest BCUT2D eigenvalue weighted by Gasteiger charge is -2.39. The highest BCUT2D eigenvalue weighted by molar-refractivity contribution is 7.92. The van der Waals surface area contributed by atoms with E-state index in [-0.39, 0.29) is 11.0 Å². The van der Waals surface area contributed by atoms with Crippen LogP contribution in [0.1, 0.15) is 52.9 Å². The summed E-state index contributed by atoms with van der Waals surface area (Å²) in [5, 5.41) is -0.734. The Morgan fingerprint density at radius 2 is 1.89 bits per heavy atom. The summed E-state index contributed by atoms with van der Waals surface area (Å²) < 4.78 is 26.6. The van der Waals surface area contributed by atoms with E-state index in [1.165, 1.54) is 4.31 Å². The molecule has 0 radical (unpaired) electrons. The highest BCUT2D eigenvalue weighted by atomic mass is 32.2. The molecule has 1 aliphatic carbocycles. The first-order chi connectivity index (χ1) is 8.62. The van der Waals surface area contributed by atoms with Crippen molar-refractivity contribution in [2.45, 2.75) is 64.2 Å². The maximum atomic E-state index is 12.5. The molecule has 0 aromatic heterocycles. The zero-order valence-corrected chi connectivity index (χ0v) is 14.0. The molecule has 0 spiro atoms.